The third-order valence-corrected chi connectivity index (χ3v) is 7.23. The van der Waals surface area contributed by atoms with Gasteiger partial charge in [-0.15, -0.1) is 11.3 Å². The van der Waals surface area contributed by atoms with Crippen molar-refractivity contribution in [3.8, 4) is 0 Å². The number of hydrogen-bond acceptors (Lipinski definition) is 5. The molecule has 1 aromatic heterocycles. The molecule has 0 radical (unpaired) electrons. The fourth-order valence-electron chi connectivity index (χ4n) is 2.59. The molecule has 1 aromatic carbocycles. The first-order chi connectivity index (χ1) is 12.7. The van der Waals surface area contributed by atoms with Gasteiger partial charge in [0.1, 0.15) is 5.00 Å². The van der Waals surface area contributed by atoms with Gasteiger partial charge in [0.15, 0.2) is 9.84 Å². The van der Waals surface area contributed by atoms with E-state index in [9.17, 15) is 18.0 Å². The number of carbonyl (C=O) groups excluding carboxylic acids is 2. The average molecular weight is 409 g/mol. The van der Waals surface area contributed by atoms with Gasteiger partial charge in [-0.25, -0.2) is 8.42 Å². The first-order valence-corrected chi connectivity index (χ1v) is 11.0. The zero-order chi connectivity index (χ0) is 20.2. The van der Waals surface area contributed by atoms with E-state index in [4.69, 9.17) is 0 Å². The van der Waals surface area contributed by atoms with Crippen LogP contribution in [0.1, 0.15) is 39.2 Å². The predicted octanol–water partition coefficient (Wildman–Crippen LogP) is 3.23. The SMILES string of the molecule is CNC(=O)c1c(NC(=O)CCCS(=O)(=O)c2ccc(C)cc2)sc(C)c1C. The summed E-state index contributed by atoms with van der Waals surface area (Å²) in [4.78, 5) is 25.5. The highest BCUT2D eigenvalue weighted by atomic mass is 32.2. The van der Waals surface area contributed by atoms with Crippen LogP contribution in [0, 0.1) is 20.8 Å². The Morgan fingerprint density at radius 1 is 1.07 bits per heavy atom. The number of amides is 2. The summed E-state index contributed by atoms with van der Waals surface area (Å²) in [5.41, 5.74) is 2.28. The van der Waals surface area contributed by atoms with E-state index in [1.54, 1.807) is 24.3 Å². The zero-order valence-corrected chi connectivity index (χ0v) is 17.5. The third kappa shape index (κ3) is 5.17. The number of thiophene rings is 1. The van der Waals surface area contributed by atoms with Crippen LogP contribution in [-0.4, -0.2) is 33.0 Å². The smallest absolute Gasteiger partial charge is 0.254 e. The number of rotatable bonds is 7. The first-order valence-electron chi connectivity index (χ1n) is 8.57. The van der Waals surface area contributed by atoms with E-state index in [0.717, 1.165) is 16.0 Å². The molecular formula is C19H24N2O4S2. The minimum Gasteiger partial charge on any atom is -0.355 e. The molecule has 2 N–H and O–H groups in total. The fourth-order valence-corrected chi connectivity index (χ4v) is 4.97. The van der Waals surface area contributed by atoms with Crippen LogP contribution < -0.4 is 10.6 Å². The van der Waals surface area contributed by atoms with Gasteiger partial charge < -0.3 is 10.6 Å². The van der Waals surface area contributed by atoms with Crippen LogP contribution in [0.4, 0.5) is 5.00 Å². The molecule has 1 heterocycles. The lowest BCUT2D eigenvalue weighted by Gasteiger charge is -2.07. The number of carbonyl (C=O) groups is 2. The summed E-state index contributed by atoms with van der Waals surface area (Å²) in [5.74, 6) is -0.663. The van der Waals surface area contributed by atoms with E-state index < -0.39 is 9.84 Å². The third-order valence-electron chi connectivity index (χ3n) is 4.29. The van der Waals surface area contributed by atoms with Gasteiger partial charge in [-0.2, -0.15) is 0 Å². The Balaban J connectivity index is 1.98. The molecule has 0 fully saturated rings. The molecule has 0 bridgehead atoms. The summed E-state index contributed by atoms with van der Waals surface area (Å²) in [5, 5.41) is 5.81. The van der Waals surface area contributed by atoms with Crippen molar-refractivity contribution in [2.24, 2.45) is 0 Å². The molecule has 0 unspecified atom stereocenters. The van der Waals surface area contributed by atoms with Crippen LogP contribution in [0.3, 0.4) is 0 Å². The summed E-state index contributed by atoms with van der Waals surface area (Å²) < 4.78 is 24.7. The number of benzene rings is 1. The van der Waals surface area contributed by atoms with Gasteiger partial charge in [0.25, 0.3) is 5.91 Å². The fraction of sp³-hybridized carbons (Fsp3) is 0.368. The maximum Gasteiger partial charge on any atom is 0.254 e. The van der Waals surface area contributed by atoms with Crippen molar-refractivity contribution in [3.63, 3.8) is 0 Å². The highest BCUT2D eigenvalue weighted by Gasteiger charge is 2.20. The Bertz CT molecular complexity index is 945. The van der Waals surface area contributed by atoms with E-state index in [-0.39, 0.29) is 35.3 Å². The Hall–Kier alpha value is -2.19. The van der Waals surface area contributed by atoms with Crippen LogP contribution in [-0.2, 0) is 14.6 Å². The Kier molecular flexibility index (Phi) is 6.78. The maximum absolute atomic E-state index is 12.3. The normalized spacial score (nSPS) is 11.3. The molecule has 2 aromatic rings. The van der Waals surface area contributed by atoms with Gasteiger partial charge in [-0.1, -0.05) is 17.7 Å². The minimum absolute atomic E-state index is 0.0638. The van der Waals surface area contributed by atoms with Gasteiger partial charge in [0.2, 0.25) is 5.91 Å². The lowest BCUT2D eigenvalue weighted by Crippen LogP contribution is -2.21. The molecule has 0 aliphatic rings. The van der Waals surface area contributed by atoms with Crippen molar-refractivity contribution in [3.05, 3.63) is 45.8 Å². The number of anilines is 1. The summed E-state index contributed by atoms with van der Waals surface area (Å²) in [7, 11) is -1.88. The maximum atomic E-state index is 12.3. The number of nitrogens with one attached hydrogen (secondary N) is 2. The second kappa shape index (κ2) is 8.67. The Morgan fingerprint density at radius 2 is 1.70 bits per heavy atom. The van der Waals surface area contributed by atoms with E-state index in [1.807, 2.05) is 20.8 Å². The first kappa shape index (κ1) is 21.1. The molecule has 27 heavy (non-hydrogen) atoms. The number of aryl methyl sites for hydroxylation is 2. The van der Waals surface area contributed by atoms with Gasteiger partial charge in [-0.05, 0) is 44.9 Å². The summed E-state index contributed by atoms with van der Waals surface area (Å²) in [6, 6.07) is 6.66. The molecule has 0 saturated heterocycles. The highest BCUT2D eigenvalue weighted by molar-refractivity contribution is 7.91. The van der Waals surface area contributed by atoms with E-state index in [0.29, 0.717) is 10.6 Å². The highest BCUT2D eigenvalue weighted by Crippen LogP contribution is 2.32. The van der Waals surface area contributed by atoms with Crippen LogP contribution in [0.2, 0.25) is 0 Å². The van der Waals surface area contributed by atoms with Crippen molar-refractivity contribution in [2.75, 3.05) is 18.1 Å². The monoisotopic (exact) mass is 408 g/mol. The summed E-state index contributed by atoms with van der Waals surface area (Å²) in [6.07, 6.45) is 0.273. The predicted molar refractivity (Wildman–Crippen MR) is 108 cm³/mol. The van der Waals surface area contributed by atoms with Crippen molar-refractivity contribution < 1.29 is 18.0 Å². The number of hydrogen-bond donors (Lipinski definition) is 2. The van der Waals surface area contributed by atoms with Crippen molar-refractivity contribution in [2.45, 2.75) is 38.5 Å². The van der Waals surface area contributed by atoms with Crippen LogP contribution in [0.25, 0.3) is 0 Å². The zero-order valence-electron chi connectivity index (χ0n) is 15.9. The molecular weight excluding hydrogens is 384 g/mol. The largest absolute Gasteiger partial charge is 0.355 e. The lowest BCUT2D eigenvalue weighted by molar-refractivity contribution is -0.116. The molecule has 0 saturated carbocycles. The standard InChI is InChI=1S/C19H24N2O4S2/c1-12-7-9-15(10-8-12)27(24,25)11-5-6-16(22)21-19-17(18(23)20-4)13(2)14(3)26-19/h7-10H,5-6,11H2,1-4H3,(H,20,23)(H,21,22). The second-order valence-electron chi connectivity index (χ2n) is 6.35. The van der Waals surface area contributed by atoms with Crippen molar-refractivity contribution >= 4 is 38.0 Å². The quantitative estimate of drug-likeness (QED) is 0.736. The summed E-state index contributed by atoms with van der Waals surface area (Å²) >= 11 is 1.34. The van der Waals surface area contributed by atoms with Crippen LogP contribution in [0.15, 0.2) is 29.2 Å². The van der Waals surface area contributed by atoms with Gasteiger partial charge in [0.05, 0.1) is 16.2 Å². The Labute approximate surface area is 163 Å². The molecule has 6 nitrogen and oxygen atoms in total. The van der Waals surface area contributed by atoms with Crippen LogP contribution >= 0.6 is 11.3 Å². The van der Waals surface area contributed by atoms with Crippen molar-refractivity contribution in [1.29, 1.82) is 0 Å². The molecule has 2 amide bonds. The molecule has 8 heteroatoms. The molecule has 146 valence electrons. The minimum atomic E-state index is -3.42. The van der Waals surface area contributed by atoms with Crippen LogP contribution in [0.5, 0.6) is 0 Å². The average Bonchev–Trinajstić information content (AvgIpc) is 2.88. The van der Waals surface area contributed by atoms with Gasteiger partial charge >= 0.3 is 0 Å². The van der Waals surface area contributed by atoms with E-state index >= 15 is 0 Å². The topological polar surface area (TPSA) is 92.3 Å². The van der Waals surface area contributed by atoms with E-state index in [1.165, 1.54) is 18.4 Å². The Morgan fingerprint density at radius 3 is 2.30 bits per heavy atom. The lowest BCUT2D eigenvalue weighted by atomic mass is 10.1. The second-order valence-corrected chi connectivity index (χ2v) is 9.68. The molecule has 0 aliphatic heterocycles. The molecule has 0 aliphatic carbocycles. The van der Waals surface area contributed by atoms with Gasteiger partial charge in [0, 0.05) is 18.3 Å². The van der Waals surface area contributed by atoms with Gasteiger partial charge in [-0.3, -0.25) is 9.59 Å². The molecule has 0 spiro atoms. The molecule has 2 rings (SSSR count). The number of sulfone groups is 1. The van der Waals surface area contributed by atoms with E-state index in [2.05, 4.69) is 10.6 Å². The summed E-state index contributed by atoms with van der Waals surface area (Å²) in [6.45, 7) is 5.61. The molecule has 0 atom stereocenters. The van der Waals surface area contributed by atoms with Crippen molar-refractivity contribution in [1.82, 2.24) is 5.32 Å².